The van der Waals surface area contributed by atoms with Crippen molar-refractivity contribution < 1.29 is 14.6 Å². The normalized spacial score (nSPS) is 11.5. The van der Waals surface area contributed by atoms with E-state index in [1.54, 1.807) is 0 Å². The Kier molecular flexibility index (Phi) is 4.48. The first-order chi connectivity index (χ1) is 16.2. The highest BCUT2D eigenvalue weighted by atomic mass is 16.7. The highest BCUT2D eigenvalue weighted by Crippen LogP contribution is 2.43. The molecule has 1 N–H and O–H groups in total. The molecule has 0 amide bonds. The van der Waals surface area contributed by atoms with E-state index in [0.29, 0.717) is 0 Å². The largest absolute Gasteiger partial charge is 0.506 e. The summed E-state index contributed by atoms with van der Waals surface area (Å²) < 4.78 is 5.77. The van der Waals surface area contributed by atoms with Gasteiger partial charge in [0.15, 0.2) is 6.10 Å². The molecule has 0 aromatic heterocycles. The maximum absolute atomic E-state index is 12.1. The van der Waals surface area contributed by atoms with Crippen LogP contribution in [0, 0.1) is 0 Å². The molecule has 3 nitrogen and oxygen atoms in total. The third kappa shape index (κ3) is 3.17. The van der Waals surface area contributed by atoms with Gasteiger partial charge in [-0.15, -0.1) is 0 Å². The van der Waals surface area contributed by atoms with Crippen LogP contribution in [0.15, 0.2) is 109 Å². The standard InChI is InChI=1S/C30H20O3/c31-30(32)33-29(27-23-13-5-1-9-19(23)17-20-10-2-6-14-24(20)27)28-25-15-7-3-11-21(25)18-22-12-4-8-16-26(22)28/h1-18,29H,(H,31,32). The zero-order valence-electron chi connectivity index (χ0n) is 17.7. The summed E-state index contributed by atoms with van der Waals surface area (Å²) in [5, 5.41) is 18.0. The summed E-state index contributed by atoms with van der Waals surface area (Å²) in [5.74, 6) is 0. The minimum absolute atomic E-state index is 0.797. The lowest BCUT2D eigenvalue weighted by atomic mass is 9.86. The van der Waals surface area contributed by atoms with Gasteiger partial charge in [0.2, 0.25) is 0 Å². The third-order valence-electron chi connectivity index (χ3n) is 6.37. The van der Waals surface area contributed by atoms with Crippen molar-refractivity contribution in [1.29, 1.82) is 0 Å². The van der Waals surface area contributed by atoms with Crippen LogP contribution in [0.2, 0.25) is 0 Å². The van der Waals surface area contributed by atoms with Crippen LogP contribution in [0.5, 0.6) is 0 Å². The van der Waals surface area contributed by atoms with E-state index < -0.39 is 12.3 Å². The number of hydrogen-bond donors (Lipinski definition) is 1. The van der Waals surface area contributed by atoms with Crippen molar-refractivity contribution in [3.05, 3.63) is 120 Å². The molecule has 0 aliphatic heterocycles. The van der Waals surface area contributed by atoms with Gasteiger partial charge in [-0.2, -0.15) is 0 Å². The molecule has 0 saturated heterocycles. The molecule has 6 aromatic rings. The van der Waals surface area contributed by atoms with E-state index in [2.05, 4.69) is 36.4 Å². The third-order valence-corrected chi connectivity index (χ3v) is 6.37. The van der Waals surface area contributed by atoms with Crippen molar-refractivity contribution in [2.45, 2.75) is 6.10 Å². The smallest absolute Gasteiger partial charge is 0.450 e. The lowest BCUT2D eigenvalue weighted by molar-refractivity contribution is 0.0682. The van der Waals surface area contributed by atoms with E-state index in [1.807, 2.05) is 72.8 Å². The molecule has 0 fully saturated rings. The van der Waals surface area contributed by atoms with Crippen LogP contribution in [-0.4, -0.2) is 11.3 Å². The van der Waals surface area contributed by atoms with E-state index in [-0.39, 0.29) is 0 Å². The molecular formula is C30H20O3. The Bertz CT molecular complexity index is 1460. The van der Waals surface area contributed by atoms with Crippen LogP contribution in [0.25, 0.3) is 43.1 Å². The summed E-state index contributed by atoms with van der Waals surface area (Å²) in [7, 11) is 0. The zero-order valence-corrected chi connectivity index (χ0v) is 17.7. The second-order valence-electron chi connectivity index (χ2n) is 8.23. The highest BCUT2D eigenvalue weighted by Gasteiger charge is 2.27. The molecule has 6 aromatic carbocycles. The summed E-state index contributed by atoms with van der Waals surface area (Å²) in [5.41, 5.74) is 1.74. The fourth-order valence-corrected chi connectivity index (χ4v) is 5.03. The molecule has 33 heavy (non-hydrogen) atoms. The molecular weight excluding hydrogens is 408 g/mol. The van der Waals surface area contributed by atoms with Gasteiger partial charge >= 0.3 is 6.16 Å². The fourth-order valence-electron chi connectivity index (χ4n) is 5.03. The van der Waals surface area contributed by atoms with Gasteiger partial charge in [0.1, 0.15) is 0 Å². The Morgan fingerprint density at radius 2 is 0.848 bits per heavy atom. The van der Waals surface area contributed by atoms with Gasteiger partial charge in [-0.25, -0.2) is 4.79 Å². The van der Waals surface area contributed by atoms with Crippen molar-refractivity contribution >= 4 is 49.2 Å². The van der Waals surface area contributed by atoms with Gasteiger partial charge in [0, 0.05) is 11.1 Å². The first kappa shape index (κ1) is 19.3. The first-order valence-electron chi connectivity index (χ1n) is 10.9. The summed E-state index contributed by atoms with van der Waals surface area (Å²) in [6, 6.07) is 36.7. The average molecular weight is 428 g/mol. The fraction of sp³-hybridized carbons (Fsp3) is 0.0333. The Balaban J connectivity index is 1.81. The molecule has 0 aliphatic rings. The molecule has 0 atom stereocenters. The van der Waals surface area contributed by atoms with Crippen molar-refractivity contribution in [3.63, 3.8) is 0 Å². The number of benzene rings is 6. The SMILES string of the molecule is O=C(O)OC(c1c2ccccc2cc2ccccc12)c1c2ccccc2cc2ccccc12. The monoisotopic (exact) mass is 428 g/mol. The number of carboxylic acid groups (broad SMARTS) is 1. The number of fused-ring (bicyclic) bond motifs is 4. The molecule has 6 rings (SSSR count). The van der Waals surface area contributed by atoms with Gasteiger partial charge in [-0.3, -0.25) is 0 Å². The number of hydrogen-bond acceptors (Lipinski definition) is 2. The Morgan fingerprint density at radius 1 is 0.545 bits per heavy atom. The highest BCUT2D eigenvalue weighted by molar-refractivity contribution is 6.07. The van der Waals surface area contributed by atoms with Crippen LogP contribution in [0.3, 0.4) is 0 Å². The minimum atomic E-state index is -1.30. The van der Waals surface area contributed by atoms with Crippen molar-refractivity contribution in [2.75, 3.05) is 0 Å². The second kappa shape index (κ2) is 7.64. The van der Waals surface area contributed by atoms with Crippen molar-refractivity contribution in [2.24, 2.45) is 0 Å². The maximum Gasteiger partial charge on any atom is 0.506 e. The van der Waals surface area contributed by atoms with E-state index in [0.717, 1.165) is 54.2 Å². The molecule has 3 heteroatoms. The molecule has 0 bridgehead atoms. The Hall–Kier alpha value is -4.37. The topological polar surface area (TPSA) is 46.5 Å². The lowest BCUT2D eigenvalue weighted by Gasteiger charge is -2.24. The first-order valence-corrected chi connectivity index (χ1v) is 10.9. The molecule has 0 unspecified atom stereocenters. The van der Waals surface area contributed by atoms with Crippen LogP contribution < -0.4 is 0 Å². The second-order valence-corrected chi connectivity index (χ2v) is 8.23. The summed E-state index contributed by atoms with van der Waals surface area (Å²) >= 11 is 0. The minimum Gasteiger partial charge on any atom is -0.450 e. The summed E-state index contributed by atoms with van der Waals surface area (Å²) in [6.07, 6.45) is -2.09. The molecule has 0 radical (unpaired) electrons. The van der Waals surface area contributed by atoms with E-state index >= 15 is 0 Å². The number of ether oxygens (including phenoxy) is 1. The predicted octanol–water partition coefficient (Wildman–Crippen LogP) is 8.08. The van der Waals surface area contributed by atoms with Crippen LogP contribution in [-0.2, 0) is 4.74 Å². The Labute approximate surface area is 190 Å². The van der Waals surface area contributed by atoms with Crippen LogP contribution in [0.1, 0.15) is 17.2 Å². The molecule has 0 aliphatic carbocycles. The quantitative estimate of drug-likeness (QED) is 0.229. The van der Waals surface area contributed by atoms with Crippen molar-refractivity contribution in [3.8, 4) is 0 Å². The molecule has 158 valence electrons. The van der Waals surface area contributed by atoms with Gasteiger partial charge in [-0.1, -0.05) is 97.1 Å². The maximum atomic E-state index is 12.1. The van der Waals surface area contributed by atoms with E-state index in [1.165, 1.54) is 0 Å². The molecule has 0 saturated carbocycles. The summed E-state index contributed by atoms with van der Waals surface area (Å²) in [6.45, 7) is 0. The van der Waals surface area contributed by atoms with Gasteiger partial charge in [-0.05, 0) is 55.2 Å². The van der Waals surface area contributed by atoms with Gasteiger partial charge in [0.05, 0.1) is 0 Å². The number of carbonyl (C=O) groups is 1. The molecule has 0 heterocycles. The molecule has 0 spiro atoms. The number of rotatable bonds is 3. The van der Waals surface area contributed by atoms with Gasteiger partial charge < -0.3 is 9.84 Å². The van der Waals surface area contributed by atoms with E-state index in [4.69, 9.17) is 4.74 Å². The Morgan fingerprint density at radius 3 is 1.15 bits per heavy atom. The van der Waals surface area contributed by atoms with Crippen molar-refractivity contribution in [1.82, 2.24) is 0 Å². The lowest BCUT2D eigenvalue weighted by Crippen LogP contribution is -2.13. The van der Waals surface area contributed by atoms with E-state index in [9.17, 15) is 9.90 Å². The average Bonchev–Trinajstić information content (AvgIpc) is 2.84. The van der Waals surface area contributed by atoms with Gasteiger partial charge in [0.25, 0.3) is 0 Å². The summed E-state index contributed by atoms with van der Waals surface area (Å²) in [4.78, 5) is 12.1. The van der Waals surface area contributed by atoms with Crippen LogP contribution in [0.4, 0.5) is 4.79 Å². The van der Waals surface area contributed by atoms with Crippen LogP contribution >= 0.6 is 0 Å². The predicted molar refractivity (Wildman–Crippen MR) is 134 cm³/mol. The zero-order chi connectivity index (χ0) is 22.4.